The molecule has 6 heteroatoms. The number of nitrogens with zero attached hydrogens (tertiary/aromatic N) is 1. The molecule has 0 saturated carbocycles. The fraction of sp³-hybridized carbons (Fsp3) is 0.333. The normalized spacial score (nSPS) is 15.2. The molecule has 154 valence electrons. The SMILES string of the molecule is CCc1cc2c(=O)c(-c3nc4ccccc4[nH]3)coc2c(C[NH+]2CCCCC2)c1[O-]. The highest BCUT2D eigenvalue weighted by Crippen LogP contribution is 2.30. The second-order valence-corrected chi connectivity index (χ2v) is 8.14. The van der Waals surface area contributed by atoms with Gasteiger partial charge < -0.3 is 19.4 Å². The Kier molecular flexibility index (Phi) is 4.79. The predicted octanol–water partition coefficient (Wildman–Crippen LogP) is 2.54. The zero-order chi connectivity index (χ0) is 20.7. The number of hydrogen-bond donors (Lipinski definition) is 2. The number of nitrogens with one attached hydrogen (secondary N) is 2. The van der Waals surface area contributed by atoms with Crippen LogP contribution in [0, 0.1) is 0 Å². The molecule has 0 spiro atoms. The van der Waals surface area contributed by atoms with Crippen LogP contribution in [0.15, 0.2) is 45.8 Å². The number of benzene rings is 2. The summed E-state index contributed by atoms with van der Waals surface area (Å²) in [5, 5.41) is 13.5. The fourth-order valence-corrected chi connectivity index (χ4v) is 4.53. The van der Waals surface area contributed by atoms with Crippen molar-refractivity contribution in [3.05, 3.63) is 57.9 Å². The van der Waals surface area contributed by atoms with Gasteiger partial charge in [0, 0.05) is 5.56 Å². The summed E-state index contributed by atoms with van der Waals surface area (Å²) in [4.78, 5) is 22.5. The smallest absolute Gasteiger partial charge is 0.203 e. The van der Waals surface area contributed by atoms with E-state index in [1.165, 1.54) is 30.4 Å². The number of aromatic amines is 1. The number of para-hydroxylation sites is 2. The molecule has 4 aromatic rings. The first-order valence-corrected chi connectivity index (χ1v) is 10.7. The van der Waals surface area contributed by atoms with Crippen molar-refractivity contribution in [1.82, 2.24) is 9.97 Å². The van der Waals surface area contributed by atoms with E-state index in [1.807, 2.05) is 31.2 Å². The number of hydrogen-bond acceptors (Lipinski definition) is 4. The monoisotopic (exact) mass is 403 g/mol. The summed E-state index contributed by atoms with van der Waals surface area (Å²) in [6.07, 6.45) is 5.64. The minimum absolute atomic E-state index is 0.0164. The Labute approximate surface area is 174 Å². The maximum absolute atomic E-state index is 13.4. The van der Waals surface area contributed by atoms with Gasteiger partial charge in [0.25, 0.3) is 0 Å². The van der Waals surface area contributed by atoms with Crippen molar-refractivity contribution in [2.75, 3.05) is 13.1 Å². The lowest BCUT2D eigenvalue weighted by Crippen LogP contribution is -3.11. The van der Waals surface area contributed by atoms with Gasteiger partial charge in [-0.2, -0.15) is 0 Å². The summed E-state index contributed by atoms with van der Waals surface area (Å²) in [7, 11) is 0. The number of H-pyrrole nitrogens is 1. The van der Waals surface area contributed by atoms with Crippen LogP contribution in [0.3, 0.4) is 0 Å². The minimum atomic E-state index is -0.153. The third-order valence-corrected chi connectivity index (χ3v) is 6.20. The number of imidazole rings is 1. The molecule has 2 aromatic heterocycles. The molecule has 0 radical (unpaired) electrons. The molecule has 30 heavy (non-hydrogen) atoms. The first-order valence-electron chi connectivity index (χ1n) is 10.7. The second-order valence-electron chi connectivity index (χ2n) is 8.14. The molecule has 0 aliphatic carbocycles. The summed E-state index contributed by atoms with van der Waals surface area (Å²) in [6.45, 7) is 4.66. The van der Waals surface area contributed by atoms with Crippen molar-refractivity contribution in [1.29, 1.82) is 0 Å². The van der Waals surface area contributed by atoms with Crippen molar-refractivity contribution in [3.8, 4) is 17.1 Å². The molecule has 6 nitrogen and oxygen atoms in total. The van der Waals surface area contributed by atoms with Gasteiger partial charge in [-0.25, -0.2) is 4.98 Å². The molecule has 1 aliphatic rings. The van der Waals surface area contributed by atoms with Crippen LogP contribution in [0.4, 0.5) is 0 Å². The van der Waals surface area contributed by atoms with E-state index < -0.39 is 0 Å². The summed E-state index contributed by atoms with van der Waals surface area (Å²) >= 11 is 0. The van der Waals surface area contributed by atoms with E-state index in [9.17, 15) is 9.90 Å². The van der Waals surface area contributed by atoms with E-state index in [1.54, 1.807) is 6.07 Å². The molecular formula is C24H25N3O3. The van der Waals surface area contributed by atoms with Gasteiger partial charge in [-0.1, -0.05) is 30.4 Å². The van der Waals surface area contributed by atoms with Gasteiger partial charge in [0.15, 0.2) is 0 Å². The molecule has 0 bridgehead atoms. The average molecular weight is 403 g/mol. The van der Waals surface area contributed by atoms with Gasteiger partial charge >= 0.3 is 0 Å². The summed E-state index contributed by atoms with van der Waals surface area (Å²) in [5.74, 6) is 0.502. The standard InChI is InChI=1S/C24H25N3O3/c1-2-15-12-16-22(29)18(24-25-19-8-4-5-9-20(19)26-24)14-30-23(16)17(21(15)28)13-27-10-6-3-7-11-27/h4-5,8-9,12,14,28H,2-3,6-7,10-11,13H2,1H3,(H,25,26). The van der Waals surface area contributed by atoms with Crippen molar-refractivity contribution in [2.24, 2.45) is 0 Å². The molecule has 0 unspecified atom stereocenters. The Morgan fingerprint density at radius 2 is 2.00 bits per heavy atom. The number of likely N-dealkylation sites (tertiary alicyclic amines) is 1. The van der Waals surface area contributed by atoms with E-state index in [4.69, 9.17) is 4.42 Å². The van der Waals surface area contributed by atoms with E-state index in [2.05, 4.69) is 9.97 Å². The Morgan fingerprint density at radius 1 is 1.20 bits per heavy atom. The number of piperidine rings is 1. The number of rotatable bonds is 4. The van der Waals surface area contributed by atoms with Gasteiger partial charge in [0.05, 0.1) is 29.5 Å². The highest BCUT2D eigenvalue weighted by molar-refractivity contribution is 5.87. The molecule has 1 aliphatic heterocycles. The highest BCUT2D eigenvalue weighted by Gasteiger charge is 2.21. The van der Waals surface area contributed by atoms with Gasteiger partial charge in [-0.05, 0) is 43.9 Å². The molecule has 3 heterocycles. The maximum atomic E-state index is 13.4. The molecule has 0 amide bonds. The van der Waals surface area contributed by atoms with Crippen molar-refractivity contribution >= 4 is 22.0 Å². The highest BCUT2D eigenvalue weighted by atomic mass is 16.3. The lowest BCUT2D eigenvalue weighted by atomic mass is 10.00. The van der Waals surface area contributed by atoms with Crippen molar-refractivity contribution < 1.29 is 14.4 Å². The summed E-state index contributed by atoms with van der Waals surface area (Å²) in [5.41, 5.74) is 3.63. The van der Waals surface area contributed by atoms with Crippen LogP contribution in [0.25, 0.3) is 33.4 Å². The quantitative estimate of drug-likeness (QED) is 0.548. The zero-order valence-corrected chi connectivity index (χ0v) is 17.1. The van der Waals surface area contributed by atoms with E-state index >= 15 is 0 Å². The van der Waals surface area contributed by atoms with Crippen LogP contribution in [-0.2, 0) is 13.0 Å². The molecular weight excluding hydrogens is 378 g/mol. The largest absolute Gasteiger partial charge is 0.872 e. The molecule has 5 rings (SSSR count). The summed E-state index contributed by atoms with van der Waals surface area (Å²) < 4.78 is 5.95. The molecule has 2 aromatic carbocycles. The zero-order valence-electron chi connectivity index (χ0n) is 17.1. The molecule has 2 N–H and O–H groups in total. The Balaban J connectivity index is 1.67. The van der Waals surface area contributed by atoms with E-state index in [0.717, 1.165) is 24.1 Å². The first-order chi connectivity index (χ1) is 14.7. The van der Waals surface area contributed by atoms with Crippen LogP contribution in [0.2, 0.25) is 0 Å². The van der Waals surface area contributed by atoms with Crippen LogP contribution >= 0.6 is 0 Å². The minimum Gasteiger partial charge on any atom is -0.872 e. The predicted molar refractivity (Wildman–Crippen MR) is 115 cm³/mol. The second kappa shape index (κ2) is 7.61. The Bertz CT molecular complexity index is 1250. The lowest BCUT2D eigenvalue weighted by molar-refractivity contribution is -0.918. The van der Waals surface area contributed by atoms with Crippen LogP contribution in [0.5, 0.6) is 5.75 Å². The van der Waals surface area contributed by atoms with Gasteiger partial charge in [-0.3, -0.25) is 4.79 Å². The molecule has 0 atom stereocenters. The first kappa shape index (κ1) is 18.9. The van der Waals surface area contributed by atoms with Crippen LogP contribution in [0.1, 0.15) is 37.3 Å². The Morgan fingerprint density at radius 3 is 2.77 bits per heavy atom. The topological polar surface area (TPSA) is 86.4 Å². The van der Waals surface area contributed by atoms with E-state index in [-0.39, 0.29) is 11.2 Å². The van der Waals surface area contributed by atoms with Gasteiger partial charge in [0.2, 0.25) is 5.43 Å². The average Bonchev–Trinajstić information content (AvgIpc) is 3.20. The van der Waals surface area contributed by atoms with E-state index in [0.29, 0.717) is 46.4 Å². The number of aryl methyl sites for hydroxylation is 1. The Hall–Kier alpha value is -3.12. The maximum Gasteiger partial charge on any atom is 0.203 e. The third kappa shape index (κ3) is 3.17. The van der Waals surface area contributed by atoms with Gasteiger partial charge in [0.1, 0.15) is 29.8 Å². The van der Waals surface area contributed by atoms with Crippen LogP contribution in [-0.4, -0.2) is 23.1 Å². The molecule has 1 fully saturated rings. The number of quaternary nitrogens is 1. The number of fused-ring (bicyclic) bond motifs is 2. The molecule has 1 saturated heterocycles. The third-order valence-electron chi connectivity index (χ3n) is 6.20. The lowest BCUT2D eigenvalue weighted by Gasteiger charge is -2.27. The van der Waals surface area contributed by atoms with Crippen LogP contribution < -0.4 is 15.4 Å². The fourth-order valence-electron chi connectivity index (χ4n) is 4.53. The van der Waals surface area contributed by atoms with Crippen molar-refractivity contribution in [3.63, 3.8) is 0 Å². The summed E-state index contributed by atoms with van der Waals surface area (Å²) in [6, 6.07) is 9.37. The number of aromatic nitrogens is 2. The van der Waals surface area contributed by atoms with Gasteiger partial charge in [-0.15, -0.1) is 0 Å². The van der Waals surface area contributed by atoms with Crippen molar-refractivity contribution in [2.45, 2.75) is 39.2 Å².